The molecule has 3 rings (SSSR count). The molecule has 2 atom stereocenters. The fourth-order valence-corrected chi connectivity index (χ4v) is 3.05. The molecule has 1 aliphatic rings. The first-order valence-electron chi connectivity index (χ1n) is 6.93. The Kier molecular flexibility index (Phi) is 5.14. The largest absolute Gasteiger partial charge is 0.237 e. The van der Waals surface area contributed by atoms with Crippen LogP contribution in [0.15, 0.2) is 54.6 Å². The summed E-state index contributed by atoms with van der Waals surface area (Å²) in [5.74, 6) is -0.165. The van der Waals surface area contributed by atoms with Crippen molar-refractivity contribution in [3.05, 3.63) is 71.5 Å². The number of nitrogens with zero attached hydrogens (tertiary/aromatic N) is 2. The summed E-state index contributed by atoms with van der Waals surface area (Å²) in [6.45, 7) is 0. The van der Waals surface area contributed by atoms with Crippen LogP contribution in [0.4, 0.5) is 4.39 Å². The summed E-state index contributed by atoms with van der Waals surface area (Å²) in [6, 6.07) is 18.0. The smallest absolute Gasteiger partial charge is 0.123 e. The van der Waals surface area contributed by atoms with E-state index in [-0.39, 0.29) is 28.8 Å². The van der Waals surface area contributed by atoms with Crippen LogP contribution in [0.1, 0.15) is 29.6 Å². The Morgan fingerprint density at radius 2 is 1.43 bits per heavy atom. The quantitative estimate of drug-likeness (QED) is 0.793. The highest BCUT2D eigenvalue weighted by molar-refractivity contribution is 8.93. The highest BCUT2D eigenvalue weighted by Gasteiger charge is 2.36. The maximum absolute atomic E-state index is 13.4. The molecule has 21 heavy (non-hydrogen) atoms. The van der Waals surface area contributed by atoms with Crippen LogP contribution in [0.3, 0.4) is 0 Å². The Morgan fingerprint density at radius 3 is 2.05 bits per heavy atom. The van der Waals surface area contributed by atoms with E-state index < -0.39 is 0 Å². The summed E-state index contributed by atoms with van der Waals surface area (Å²) in [4.78, 5) is 0. The second-order valence-electron chi connectivity index (χ2n) is 5.38. The van der Waals surface area contributed by atoms with Crippen LogP contribution < -0.4 is 0 Å². The summed E-state index contributed by atoms with van der Waals surface area (Å²) in [7, 11) is 4.16. The summed E-state index contributed by atoms with van der Waals surface area (Å²) in [5, 5.41) is 4.44. The fourth-order valence-electron chi connectivity index (χ4n) is 3.05. The topological polar surface area (TPSA) is 6.48 Å². The molecule has 0 aliphatic carbocycles. The van der Waals surface area contributed by atoms with Crippen LogP contribution in [-0.2, 0) is 0 Å². The van der Waals surface area contributed by atoms with E-state index in [0.29, 0.717) is 6.04 Å². The number of hydrazine groups is 1. The van der Waals surface area contributed by atoms with Crippen molar-refractivity contribution in [2.24, 2.45) is 0 Å². The fraction of sp³-hybridized carbons (Fsp3) is 0.294. The molecule has 2 nitrogen and oxygen atoms in total. The van der Waals surface area contributed by atoms with E-state index in [1.165, 1.54) is 11.6 Å². The lowest BCUT2D eigenvalue weighted by Gasteiger charge is -2.28. The first-order chi connectivity index (χ1) is 9.66. The molecule has 112 valence electrons. The van der Waals surface area contributed by atoms with Crippen molar-refractivity contribution < 1.29 is 4.39 Å². The second kappa shape index (κ2) is 6.69. The van der Waals surface area contributed by atoms with Gasteiger partial charge in [-0.25, -0.2) is 14.4 Å². The molecule has 0 N–H and O–H groups in total. The maximum atomic E-state index is 13.4. The number of rotatable bonds is 2. The zero-order valence-corrected chi connectivity index (χ0v) is 14.0. The van der Waals surface area contributed by atoms with Crippen molar-refractivity contribution in [2.75, 3.05) is 14.1 Å². The zero-order chi connectivity index (χ0) is 14.1. The summed E-state index contributed by atoms with van der Waals surface area (Å²) in [5.41, 5.74) is 2.35. The highest BCUT2D eigenvalue weighted by atomic mass is 79.9. The average Bonchev–Trinajstić information content (AvgIpc) is 2.76. The lowest BCUT2D eigenvalue weighted by molar-refractivity contribution is 0.0252. The third kappa shape index (κ3) is 3.18. The van der Waals surface area contributed by atoms with Gasteiger partial charge in [-0.2, -0.15) is 0 Å². The van der Waals surface area contributed by atoms with Gasteiger partial charge in [0.05, 0.1) is 12.1 Å². The van der Waals surface area contributed by atoms with E-state index in [1.54, 1.807) is 12.1 Å². The van der Waals surface area contributed by atoms with Gasteiger partial charge in [-0.1, -0.05) is 42.5 Å². The minimum Gasteiger partial charge on any atom is -0.237 e. The number of hydrogen-bond acceptors (Lipinski definition) is 2. The van der Waals surface area contributed by atoms with E-state index in [2.05, 4.69) is 48.4 Å². The minimum atomic E-state index is -0.165. The van der Waals surface area contributed by atoms with Crippen molar-refractivity contribution >= 4 is 17.0 Å². The van der Waals surface area contributed by atoms with E-state index >= 15 is 0 Å². The molecule has 1 saturated heterocycles. The first-order valence-corrected chi connectivity index (χ1v) is 6.93. The Bertz CT molecular complexity index is 590. The Labute approximate surface area is 135 Å². The van der Waals surface area contributed by atoms with E-state index in [9.17, 15) is 4.39 Å². The highest BCUT2D eigenvalue weighted by Crippen LogP contribution is 2.41. The van der Waals surface area contributed by atoms with Gasteiger partial charge in [-0.15, -0.1) is 17.0 Å². The molecule has 2 aromatic rings. The van der Waals surface area contributed by atoms with Crippen LogP contribution in [0.25, 0.3) is 0 Å². The molecule has 0 radical (unpaired) electrons. The number of halogens is 2. The first kappa shape index (κ1) is 16.1. The van der Waals surface area contributed by atoms with Crippen molar-refractivity contribution in [3.63, 3.8) is 0 Å². The number of hydrogen-bond donors (Lipinski definition) is 0. The van der Waals surface area contributed by atoms with Gasteiger partial charge in [0.15, 0.2) is 0 Å². The van der Waals surface area contributed by atoms with Gasteiger partial charge in [0, 0.05) is 14.1 Å². The third-order valence-electron chi connectivity index (χ3n) is 4.26. The van der Waals surface area contributed by atoms with Crippen molar-refractivity contribution in [2.45, 2.75) is 18.5 Å². The van der Waals surface area contributed by atoms with Crippen molar-refractivity contribution in [1.29, 1.82) is 0 Å². The molecule has 1 aliphatic heterocycles. The predicted molar refractivity (Wildman–Crippen MR) is 88.8 cm³/mol. The Hall–Kier alpha value is -1.23. The van der Waals surface area contributed by atoms with E-state index in [1.807, 2.05) is 12.1 Å². The zero-order valence-electron chi connectivity index (χ0n) is 12.2. The van der Waals surface area contributed by atoms with Crippen LogP contribution in [-0.4, -0.2) is 24.1 Å². The average molecular weight is 351 g/mol. The molecular weight excluding hydrogens is 331 g/mol. The Morgan fingerprint density at radius 1 is 0.857 bits per heavy atom. The molecule has 2 unspecified atom stereocenters. The standard InChI is InChI=1S/C17H19FN2.BrH/c1-19-16(13-7-4-3-5-8-13)12-17(20(19)2)14-9-6-10-15(18)11-14;/h3-11,16-17H,12H2,1-2H3;1H. The summed E-state index contributed by atoms with van der Waals surface area (Å²) < 4.78 is 13.4. The van der Waals surface area contributed by atoms with Crippen molar-refractivity contribution in [1.82, 2.24) is 10.0 Å². The third-order valence-corrected chi connectivity index (χ3v) is 4.26. The van der Waals surface area contributed by atoms with Gasteiger partial charge in [0.2, 0.25) is 0 Å². The molecule has 0 aromatic heterocycles. The monoisotopic (exact) mass is 350 g/mol. The molecule has 0 saturated carbocycles. The van der Waals surface area contributed by atoms with Crippen LogP contribution in [0, 0.1) is 5.82 Å². The van der Waals surface area contributed by atoms with Gasteiger partial charge in [0.25, 0.3) is 0 Å². The summed E-state index contributed by atoms with van der Waals surface area (Å²) in [6.07, 6.45) is 0.973. The normalized spacial score (nSPS) is 23.0. The van der Waals surface area contributed by atoms with Crippen LogP contribution in [0.2, 0.25) is 0 Å². The summed E-state index contributed by atoms with van der Waals surface area (Å²) >= 11 is 0. The van der Waals surface area contributed by atoms with Crippen LogP contribution >= 0.6 is 17.0 Å². The lowest BCUT2D eigenvalue weighted by atomic mass is 9.97. The van der Waals surface area contributed by atoms with Gasteiger partial charge < -0.3 is 0 Å². The molecule has 0 spiro atoms. The second-order valence-corrected chi connectivity index (χ2v) is 5.38. The maximum Gasteiger partial charge on any atom is 0.123 e. The Balaban J connectivity index is 0.00000161. The van der Waals surface area contributed by atoms with Gasteiger partial charge in [-0.05, 0) is 29.7 Å². The molecule has 0 amide bonds. The predicted octanol–water partition coefficient (Wildman–Crippen LogP) is 4.37. The van der Waals surface area contributed by atoms with Gasteiger partial charge >= 0.3 is 0 Å². The van der Waals surface area contributed by atoms with E-state index in [0.717, 1.165) is 12.0 Å². The minimum absolute atomic E-state index is 0. The molecule has 4 heteroatoms. The lowest BCUT2D eigenvalue weighted by Crippen LogP contribution is -2.32. The molecular formula is C17H20BrFN2. The van der Waals surface area contributed by atoms with E-state index in [4.69, 9.17) is 0 Å². The molecule has 2 aromatic carbocycles. The van der Waals surface area contributed by atoms with Gasteiger partial charge in [0.1, 0.15) is 5.82 Å². The van der Waals surface area contributed by atoms with Crippen LogP contribution in [0.5, 0.6) is 0 Å². The molecule has 1 fully saturated rings. The van der Waals surface area contributed by atoms with Gasteiger partial charge in [-0.3, -0.25) is 0 Å². The number of benzene rings is 2. The van der Waals surface area contributed by atoms with Crippen molar-refractivity contribution in [3.8, 4) is 0 Å². The SMILES string of the molecule is Br.CN1C(c2ccccc2)CC(c2cccc(F)c2)N1C. The molecule has 1 heterocycles. The molecule has 0 bridgehead atoms.